The number of hydrogen-bond donors (Lipinski definition) is 0. The predicted octanol–water partition coefficient (Wildman–Crippen LogP) is 11.4. The fourth-order valence-electron chi connectivity index (χ4n) is 7.77. The third-order valence-corrected chi connectivity index (χ3v) is 16.5. The maximum atomic E-state index is 7.35. The van der Waals surface area contributed by atoms with Gasteiger partial charge in [-0.05, 0) is 68.7 Å². The Kier molecular flexibility index (Phi) is 17.2. The number of fused-ring (bicyclic) bond motifs is 6. The molecular formula is C56H42Au2N2P2+2. The van der Waals surface area contributed by atoms with E-state index in [1.165, 1.54) is 43.0 Å². The van der Waals surface area contributed by atoms with Crippen LogP contribution in [0.3, 0.4) is 0 Å². The van der Waals surface area contributed by atoms with Crippen molar-refractivity contribution in [2.24, 2.45) is 0 Å². The number of nitrogens with zero attached hydrogens (tertiary/aromatic N) is 2. The summed E-state index contributed by atoms with van der Waals surface area (Å²) in [5.41, 5.74) is 4.20. The molecule has 0 aliphatic carbocycles. The van der Waals surface area contributed by atoms with Crippen molar-refractivity contribution >= 4 is 80.4 Å². The molecule has 2 nitrogen and oxygen atoms in total. The molecule has 0 bridgehead atoms. The molecule has 0 amide bonds. The first-order valence-corrected chi connectivity index (χ1v) is 23.4. The molecule has 0 saturated heterocycles. The number of hydrogen-bond acceptors (Lipinski definition) is 2. The van der Waals surface area contributed by atoms with Crippen LogP contribution < -0.4 is 21.5 Å². The van der Waals surface area contributed by atoms with Crippen LogP contribution in [0, 0.1) is 24.7 Å². The van der Waals surface area contributed by atoms with Crippen molar-refractivity contribution in [3.63, 3.8) is 0 Å². The fraction of sp³-hybridized carbons (Fsp3) is 0.0357. The van der Waals surface area contributed by atoms with E-state index in [9.17, 15) is 0 Å². The Hall–Kier alpha value is -5.44. The van der Waals surface area contributed by atoms with E-state index in [1.54, 1.807) is 0 Å². The average Bonchev–Trinajstić information content (AvgIpc) is 3.34. The first-order valence-electron chi connectivity index (χ1n) is 20.0. The van der Waals surface area contributed by atoms with Crippen molar-refractivity contribution in [2.45, 2.75) is 0 Å². The van der Waals surface area contributed by atoms with Crippen LogP contribution in [-0.2, 0) is 44.8 Å². The predicted molar refractivity (Wildman–Crippen MR) is 262 cm³/mol. The summed E-state index contributed by atoms with van der Waals surface area (Å²) in [6.45, 7) is 0. The fourth-order valence-corrected chi connectivity index (χ4v) is 13.7. The molecule has 306 valence electrons. The second kappa shape index (κ2) is 23.1. The van der Waals surface area contributed by atoms with Gasteiger partial charge in [0.25, 0.3) is 0 Å². The van der Waals surface area contributed by atoms with Gasteiger partial charge in [-0.15, -0.1) is 23.3 Å². The Bertz CT molecular complexity index is 2790. The van der Waals surface area contributed by atoms with Crippen LogP contribution in [0.4, 0.5) is 0 Å². The number of pyridine rings is 2. The van der Waals surface area contributed by atoms with Gasteiger partial charge < -0.3 is 12.8 Å². The van der Waals surface area contributed by atoms with Crippen LogP contribution in [0.1, 0.15) is 11.1 Å². The second-order valence-corrected chi connectivity index (χ2v) is 19.3. The molecule has 0 N–H and O–H groups in total. The van der Waals surface area contributed by atoms with Crippen LogP contribution in [0.5, 0.6) is 0 Å². The van der Waals surface area contributed by atoms with Gasteiger partial charge in [0.1, 0.15) is 12.3 Å². The first-order chi connectivity index (χ1) is 29.7. The topological polar surface area (TPSA) is 25.8 Å². The third-order valence-electron chi connectivity index (χ3n) is 10.6. The molecule has 8 aromatic carbocycles. The van der Waals surface area contributed by atoms with E-state index < -0.39 is 15.8 Å². The molecule has 0 aliphatic heterocycles. The molecule has 0 fully saturated rings. The molecule has 10 aromatic rings. The minimum Gasteiger partial charge on any atom is -0.366 e. The largest absolute Gasteiger partial charge is 1.00 e. The molecule has 0 spiro atoms. The van der Waals surface area contributed by atoms with Gasteiger partial charge in [0.2, 0.25) is 0 Å². The van der Waals surface area contributed by atoms with Gasteiger partial charge in [-0.1, -0.05) is 156 Å². The van der Waals surface area contributed by atoms with Gasteiger partial charge in [0, 0.05) is 24.5 Å². The summed E-state index contributed by atoms with van der Waals surface area (Å²) in [5.74, 6) is 5.02. The van der Waals surface area contributed by atoms with Gasteiger partial charge in [-0.3, -0.25) is 11.8 Å². The van der Waals surface area contributed by atoms with E-state index in [1.807, 2.05) is 97.3 Å². The van der Waals surface area contributed by atoms with E-state index >= 15 is 0 Å². The smallest absolute Gasteiger partial charge is 0.366 e. The number of benzene rings is 8. The standard InChI is InChI=1S/C24H22N2P2.2C16H9.2Au/c1-3-11-21(12-4-1)27(23-15-7-9-17-25-23)19-20-28(22-13-5-2-6-14-22)24-16-8-10-18-26-24;2*1-2-12-11-13-7-3-4-9-15(13)16-10-6-5-8-14(12)16;;/h1-18H,19-20H2;2*3-11H;;/q;2*-1;2*+1/p+2. The molecule has 0 saturated carbocycles. The molecule has 0 radical (unpaired) electrons. The van der Waals surface area contributed by atoms with E-state index in [4.69, 9.17) is 22.8 Å². The first kappa shape index (κ1) is 46.1. The van der Waals surface area contributed by atoms with Gasteiger partial charge in [-0.25, -0.2) is 9.97 Å². The van der Waals surface area contributed by atoms with Crippen LogP contribution in [-0.4, -0.2) is 22.3 Å². The van der Waals surface area contributed by atoms with Gasteiger partial charge in [-0.2, -0.15) is 0 Å². The van der Waals surface area contributed by atoms with Gasteiger partial charge >= 0.3 is 44.8 Å². The Morgan fingerprint density at radius 2 is 0.677 bits per heavy atom. The summed E-state index contributed by atoms with van der Waals surface area (Å²) >= 11 is 0. The summed E-state index contributed by atoms with van der Waals surface area (Å²) in [4.78, 5) is 9.44. The van der Waals surface area contributed by atoms with Crippen LogP contribution in [0.15, 0.2) is 219 Å². The van der Waals surface area contributed by atoms with Crippen molar-refractivity contribution in [3.8, 4) is 11.8 Å². The van der Waals surface area contributed by atoms with Crippen molar-refractivity contribution in [3.05, 3.63) is 243 Å². The summed E-state index contributed by atoms with van der Waals surface area (Å²) in [6, 6.07) is 71.3. The maximum Gasteiger partial charge on any atom is 1.00 e. The SMILES string of the molecule is [Au+].[Au+].[C-]#Cc1cc2ccccc2c2ccccc12.[C-]#Cc1cc2ccccc2c2ccccc12.c1ccc([PH+](CC[PH+](c2ccccc2)c2ccccn2)c2ccccn2)cc1. The number of aromatic nitrogens is 2. The van der Waals surface area contributed by atoms with Crippen molar-refractivity contribution in [1.82, 2.24) is 9.97 Å². The molecular weight excluding hydrogens is 1160 g/mol. The molecule has 2 aromatic heterocycles. The van der Waals surface area contributed by atoms with Crippen LogP contribution in [0.2, 0.25) is 0 Å². The quantitative estimate of drug-likeness (QED) is 0.0523. The van der Waals surface area contributed by atoms with Crippen LogP contribution in [0.25, 0.3) is 43.1 Å². The van der Waals surface area contributed by atoms with Crippen LogP contribution >= 0.6 is 15.8 Å². The Balaban J connectivity index is 0.000000162. The number of rotatable bonds is 7. The van der Waals surface area contributed by atoms with Crippen molar-refractivity contribution < 1.29 is 44.8 Å². The molecule has 2 unspecified atom stereocenters. The third kappa shape index (κ3) is 10.9. The summed E-state index contributed by atoms with van der Waals surface area (Å²) in [5, 5.41) is 12.2. The molecule has 10 rings (SSSR count). The molecule has 6 heteroatoms. The average molecular weight is 1200 g/mol. The summed E-state index contributed by atoms with van der Waals surface area (Å²) < 4.78 is 0. The Labute approximate surface area is 398 Å². The van der Waals surface area contributed by atoms with E-state index in [2.05, 4.69) is 133 Å². The monoisotopic (exact) mass is 1200 g/mol. The van der Waals surface area contributed by atoms with E-state index in [-0.39, 0.29) is 44.8 Å². The minimum absolute atomic E-state index is 0. The zero-order valence-corrected chi connectivity index (χ0v) is 40.0. The molecule has 62 heavy (non-hydrogen) atoms. The molecule has 2 atom stereocenters. The van der Waals surface area contributed by atoms with Crippen molar-refractivity contribution in [2.75, 3.05) is 12.3 Å². The van der Waals surface area contributed by atoms with Gasteiger partial charge in [0.15, 0.2) is 10.9 Å². The Morgan fingerprint density at radius 1 is 0.355 bits per heavy atom. The maximum absolute atomic E-state index is 7.35. The zero-order valence-electron chi connectivity index (χ0n) is 33.7. The molecule has 2 heterocycles. The van der Waals surface area contributed by atoms with E-state index in [0.717, 1.165) is 45.0 Å². The normalized spacial score (nSPS) is 11.3. The van der Waals surface area contributed by atoms with Crippen molar-refractivity contribution in [1.29, 1.82) is 0 Å². The molecule has 0 aliphatic rings. The summed E-state index contributed by atoms with van der Waals surface area (Å²) in [6.07, 6.45) is 20.9. The summed E-state index contributed by atoms with van der Waals surface area (Å²) in [7, 11) is -1.84. The zero-order chi connectivity index (χ0) is 40.9. The minimum atomic E-state index is -0.922. The van der Waals surface area contributed by atoms with E-state index in [0.29, 0.717) is 0 Å². The Morgan fingerprint density at radius 3 is 1.03 bits per heavy atom. The van der Waals surface area contributed by atoms with Gasteiger partial charge in [0.05, 0.1) is 26.5 Å². The second-order valence-electron chi connectivity index (χ2n) is 14.3.